The molecule has 0 aliphatic heterocycles. The van der Waals surface area contributed by atoms with Crippen LogP contribution in [0.1, 0.15) is 22.3 Å². The molecule has 35 heavy (non-hydrogen) atoms. The number of azo groups is 1. The van der Waals surface area contributed by atoms with Gasteiger partial charge in [-0.05, 0) is 55.5 Å². The number of hydrogen-bond acceptors (Lipinski definition) is 7. The molecule has 0 amide bonds. The minimum absolute atomic E-state index is 0.0553. The lowest BCUT2D eigenvalue weighted by atomic mass is 10.2. The van der Waals surface area contributed by atoms with Crippen LogP contribution in [0.4, 0.5) is 41.1 Å². The maximum atomic E-state index is 13.3. The van der Waals surface area contributed by atoms with Gasteiger partial charge >= 0.3 is 12.1 Å². The molecular weight excluding hydrogens is 477 g/mol. The van der Waals surface area contributed by atoms with Crippen LogP contribution >= 0.6 is 11.3 Å². The zero-order valence-electron chi connectivity index (χ0n) is 18.4. The number of hydrogen-bond donors (Lipinski definition) is 0. The molecule has 0 bridgehead atoms. The Hall–Kier alpha value is -4.05. The molecule has 0 spiro atoms. The molecule has 0 atom stereocenters. The van der Waals surface area contributed by atoms with Crippen LogP contribution in [0.15, 0.2) is 95.2 Å². The van der Waals surface area contributed by atoms with E-state index in [1.54, 1.807) is 12.1 Å². The molecule has 0 aliphatic rings. The van der Waals surface area contributed by atoms with E-state index >= 15 is 0 Å². The van der Waals surface area contributed by atoms with Gasteiger partial charge in [0.2, 0.25) is 5.13 Å². The number of anilines is 3. The number of rotatable bonds is 7. The summed E-state index contributed by atoms with van der Waals surface area (Å²) in [6, 6.07) is 26.7. The van der Waals surface area contributed by atoms with Gasteiger partial charge in [-0.25, -0.2) is 9.78 Å². The number of aromatic nitrogens is 1. The summed E-state index contributed by atoms with van der Waals surface area (Å²) < 4.78 is 44.6. The molecule has 0 radical (unpaired) electrons. The zero-order chi connectivity index (χ0) is 24.8. The summed E-state index contributed by atoms with van der Waals surface area (Å²) in [5, 5.41) is 7.52. The highest BCUT2D eigenvalue weighted by Gasteiger charge is 2.40. The minimum atomic E-state index is -4.81. The standard InChI is InChI=1S/C25H19F3N4O2S/c1-2-34-23(33)21-22(25(26,27)28)29-24(35-21)31-30-17-13-15-20(16-14-17)32(18-9-5-3-6-10-18)19-11-7-4-8-12-19/h3-16H,2H2,1H3. The summed E-state index contributed by atoms with van der Waals surface area (Å²) in [7, 11) is 0. The number of thiazole rings is 1. The number of alkyl halides is 3. The second-order valence-corrected chi connectivity index (χ2v) is 8.09. The number of ether oxygens (including phenoxy) is 1. The smallest absolute Gasteiger partial charge is 0.435 e. The van der Waals surface area contributed by atoms with E-state index in [1.165, 1.54) is 6.92 Å². The molecule has 3 aromatic carbocycles. The van der Waals surface area contributed by atoms with Gasteiger partial charge in [-0.15, -0.1) is 10.2 Å². The molecule has 178 valence electrons. The first-order valence-corrected chi connectivity index (χ1v) is 11.4. The lowest BCUT2D eigenvalue weighted by Gasteiger charge is -2.25. The summed E-state index contributed by atoms with van der Waals surface area (Å²) in [5.41, 5.74) is 1.87. The van der Waals surface area contributed by atoms with Gasteiger partial charge in [-0.2, -0.15) is 13.2 Å². The fraction of sp³-hybridized carbons (Fsp3) is 0.120. The monoisotopic (exact) mass is 496 g/mol. The van der Waals surface area contributed by atoms with Crippen molar-refractivity contribution in [1.29, 1.82) is 0 Å². The third-order valence-corrected chi connectivity index (χ3v) is 5.65. The summed E-state index contributed by atoms with van der Waals surface area (Å²) >= 11 is 0.482. The minimum Gasteiger partial charge on any atom is -0.462 e. The summed E-state index contributed by atoms with van der Waals surface area (Å²) in [5.74, 6) is -1.09. The van der Waals surface area contributed by atoms with E-state index in [-0.39, 0.29) is 11.7 Å². The molecule has 1 aromatic heterocycles. The van der Waals surface area contributed by atoms with Crippen LogP contribution < -0.4 is 4.90 Å². The highest BCUT2D eigenvalue weighted by Crippen LogP contribution is 2.38. The van der Waals surface area contributed by atoms with Crippen LogP contribution in [-0.2, 0) is 10.9 Å². The second-order valence-electron chi connectivity index (χ2n) is 7.12. The zero-order valence-corrected chi connectivity index (χ0v) is 19.3. The van der Waals surface area contributed by atoms with Crippen molar-refractivity contribution in [3.63, 3.8) is 0 Å². The molecule has 0 saturated carbocycles. The number of nitrogens with zero attached hydrogens (tertiary/aromatic N) is 4. The van der Waals surface area contributed by atoms with Crippen molar-refractivity contribution in [3.8, 4) is 0 Å². The quantitative estimate of drug-likeness (QED) is 0.191. The average molecular weight is 497 g/mol. The molecule has 1 heterocycles. The lowest BCUT2D eigenvalue weighted by molar-refractivity contribution is -0.141. The van der Waals surface area contributed by atoms with Gasteiger partial charge in [0.1, 0.15) is 4.88 Å². The van der Waals surface area contributed by atoms with E-state index in [2.05, 4.69) is 20.1 Å². The van der Waals surface area contributed by atoms with E-state index in [1.807, 2.05) is 72.8 Å². The van der Waals surface area contributed by atoms with Crippen molar-refractivity contribution in [1.82, 2.24) is 4.98 Å². The van der Waals surface area contributed by atoms with Crippen molar-refractivity contribution in [2.45, 2.75) is 13.1 Å². The Morgan fingerprint density at radius 2 is 1.43 bits per heavy atom. The van der Waals surface area contributed by atoms with E-state index in [4.69, 9.17) is 4.74 Å². The number of carbonyl (C=O) groups excluding carboxylic acids is 1. The van der Waals surface area contributed by atoms with E-state index < -0.39 is 22.7 Å². The van der Waals surface area contributed by atoms with Gasteiger partial charge in [0, 0.05) is 17.1 Å². The largest absolute Gasteiger partial charge is 0.462 e. The topological polar surface area (TPSA) is 67.2 Å². The normalized spacial score (nSPS) is 11.5. The third-order valence-electron chi connectivity index (χ3n) is 4.73. The SMILES string of the molecule is CCOC(=O)c1sc(N=Nc2ccc(N(c3ccccc3)c3ccccc3)cc2)nc1C(F)(F)F. The molecule has 0 unspecified atom stereocenters. The highest BCUT2D eigenvalue weighted by atomic mass is 32.1. The molecule has 0 aliphatic carbocycles. The van der Waals surface area contributed by atoms with Gasteiger partial charge in [0.05, 0.1) is 12.3 Å². The third kappa shape index (κ3) is 5.72. The number of carbonyl (C=O) groups is 1. The molecule has 0 saturated heterocycles. The average Bonchev–Trinajstić information content (AvgIpc) is 3.31. The maximum absolute atomic E-state index is 13.3. The van der Waals surface area contributed by atoms with Crippen LogP contribution in [0.3, 0.4) is 0 Å². The number of esters is 1. The lowest BCUT2D eigenvalue weighted by Crippen LogP contribution is -2.13. The summed E-state index contributed by atoms with van der Waals surface area (Å²) in [6.07, 6.45) is -4.81. The molecule has 4 rings (SSSR count). The van der Waals surface area contributed by atoms with Crippen LogP contribution in [0.2, 0.25) is 0 Å². The predicted molar refractivity (Wildman–Crippen MR) is 128 cm³/mol. The summed E-state index contributed by atoms with van der Waals surface area (Å²) in [6.45, 7) is 1.45. The first kappa shape index (κ1) is 24.1. The second kappa shape index (κ2) is 10.5. The van der Waals surface area contributed by atoms with Crippen molar-refractivity contribution in [3.05, 3.63) is 95.5 Å². The van der Waals surface area contributed by atoms with Crippen molar-refractivity contribution < 1.29 is 22.7 Å². The molecule has 0 fully saturated rings. The van der Waals surface area contributed by atoms with Crippen LogP contribution in [0, 0.1) is 0 Å². The molecular formula is C25H19F3N4O2S. The Labute approximate surface area is 203 Å². The van der Waals surface area contributed by atoms with Crippen LogP contribution in [0.5, 0.6) is 0 Å². The number of benzene rings is 3. The maximum Gasteiger partial charge on any atom is 0.435 e. The van der Waals surface area contributed by atoms with Gasteiger partial charge in [0.25, 0.3) is 0 Å². The molecule has 6 nitrogen and oxygen atoms in total. The van der Waals surface area contributed by atoms with Gasteiger partial charge in [0.15, 0.2) is 5.69 Å². The fourth-order valence-corrected chi connectivity index (χ4v) is 4.05. The van der Waals surface area contributed by atoms with Crippen LogP contribution in [-0.4, -0.2) is 17.6 Å². The van der Waals surface area contributed by atoms with E-state index in [0.717, 1.165) is 17.1 Å². The molecule has 4 aromatic rings. The number of halogens is 3. The predicted octanol–water partition coefficient (Wildman–Crippen LogP) is 8.22. The fourth-order valence-electron chi connectivity index (χ4n) is 3.25. The Morgan fingerprint density at radius 1 is 0.886 bits per heavy atom. The number of para-hydroxylation sites is 2. The van der Waals surface area contributed by atoms with E-state index in [9.17, 15) is 18.0 Å². The summed E-state index contributed by atoms with van der Waals surface area (Å²) in [4.78, 5) is 16.8. The Kier molecular flexibility index (Phi) is 7.21. The molecule has 10 heteroatoms. The Morgan fingerprint density at radius 3 is 1.94 bits per heavy atom. The van der Waals surface area contributed by atoms with Gasteiger partial charge < -0.3 is 9.64 Å². The van der Waals surface area contributed by atoms with Gasteiger partial charge in [-0.3, -0.25) is 0 Å². The van der Waals surface area contributed by atoms with Crippen molar-refractivity contribution in [2.24, 2.45) is 10.2 Å². The Bertz CT molecular complexity index is 1270. The molecule has 0 N–H and O–H groups in total. The Balaban J connectivity index is 1.61. The highest BCUT2D eigenvalue weighted by molar-refractivity contribution is 7.17. The van der Waals surface area contributed by atoms with E-state index in [0.29, 0.717) is 17.0 Å². The van der Waals surface area contributed by atoms with Crippen molar-refractivity contribution in [2.75, 3.05) is 11.5 Å². The van der Waals surface area contributed by atoms with Crippen LogP contribution in [0.25, 0.3) is 0 Å². The first-order valence-electron chi connectivity index (χ1n) is 10.5. The first-order chi connectivity index (χ1) is 16.9. The van der Waals surface area contributed by atoms with Gasteiger partial charge in [-0.1, -0.05) is 47.7 Å². The van der Waals surface area contributed by atoms with Crippen molar-refractivity contribution >= 4 is 45.2 Å².